The molecule has 0 aromatic heterocycles. The summed E-state index contributed by atoms with van der Waals surface area (Å²) in [5, 5.41) is 0.479. The lowest BCUT2D eigenvalue weighted by Crippen LogP contribution is -2.48. The Balaban J connectivity index is 2.90. The maximum absolute atomic E-state index is 12.2. The monoisotopic (exact) mass is 368 g/mol. The summed E-state index contributed by atoms with van der Waals surface area (Å²) in [6.07, 6.45) is 0. The minimum absolute atomic E-state index is 0.193. The van der Waals surface area contributed by atoms with E-state index in [1.54, 1.807) is 6.07 Å². The zero-order valence-corrected chi connectivity index (χ0v) is 14.5. The first kappa shape index (κ1) is 16.9. The third-order valence-electron chi connectivity index (χ3n) is 3.11. The van der Waals surface area contributed by atoms with Crippen molar-refractivity contribution in [3.63, 3.8) is 0 Å². The Morgan fingerprint density at radius 2 is 1.95 bits per heavy atom. The number of sulfonamides is 1. The molecule has 0 amide bonds. The normalized spacial score (nSPS) is 13.0. The summed E-state index contributed by atoms with van der Waals surface area (Å²) < 4.78 is 27.5. The van der Waals surface area contributed by atoms with Gasteiger partial charge in [-0.25, -0.2) is 13.1 Å². The van der Waals surface area contributed by atoms with Crippen molar-refractivity contribution in [1.82, 2.24) is 9.62 Å². The van der Waals surface area contributed by atoms with E-state index in [2.05, 4.69) is 20.7 Å². The lowest BCUT2D eigenvalue weighted by atomic mass is 10.1. The third kappa shape index (κ3) is 4.43. The molecule has 0 aliphatic heterocycles. The molecular formula is C12H18BrClN2O2S. The van der Waals surface area contributed by atoms with Crippen LogP contribution < -0.4 is 4.72 Å². The molecule has 0 bridgehead atoms. The van der Waals surface area contributed by atoms with Crippen molar-refractivity contribution in [1.29, 1.82) is 0 Å². The van der Waals surface area contributed by atoms with Crippen molar-refractivity contribution in [3.8, 4) is 0 Å². The van der Waals surface area contributed by atoms with Crippen LogP contribution in [-0.4, -0.2) is 39.5 Å². The molecule has 0 radical (unpaired) electrons. The smallest absolute Gasteiger partial charge is 0.240 e. The van der Waals surface area contributed by atoms with Gasteiger partial charge in [0.2, 0.25) is 10.0 Å². The number of hydrogen-bond acceptors (Lipinski definition) is 3. The maximum Gasteiger partial charge on any atom is 0.240 e. The second-order valence-corrected chi connectivity index (χ2v) is 8.14. The molecule has 1 N–H and O–H groups in total. The average Bonchev–Trinajstić information content (AvgIpc) is 2.30. The standard InChI is InChI=1S/C12H18BrClN2O2S/c1-12(2,16(3)4)8-15-19(17,18)9-5-6-11(14)10(13)7-9/h5-7,15H,8H2,1-4H3. The Morgan fingerprint density at radius 1 is 1.37 bits per heavy atom. The van der Waals surface area contributed by atoms with Gasteiger partial charge in [0.15, 0.2) is 0 Å². The largest absolute Gasteiger partial charge is 0.303 e. The van der Waals surface area contributed by atoms with Crippen LogP contribution in [0.2, 0.25) is 5.02 Å². The molecule has 1 aromatic rings. The van der Waals surface area contributed by atoms with Crippen molar-refractivity contribution < 1.29 is 8.42 Å². The molecule has 0 saturated heterocycles. The zero-order chi connectivity index (χ0) is 14.8. The van der Waals surface area contributed by atoms with E-state index in [1.807, 2.05) is 32.8 Å². The molecule has 0 aliphatic rings. The Hall–Kier alpha value is -0.140. The van der Waals surface area contributed by atoms with E-state index in [9.17, 15) is 8.42 Å². The lowest BCUT2D eigenvalue weighted by Gasteiger charge is -2.32. The van der Waals surface area contributed by atoms with Gasteiger partial charge in [-0.3, -0.25) is 0 Å². The van der Waals surface area contributed by atoms with Crippen LogP contribution in [0.4, 0.5) is 0 Å². The first-order valence-corrected chi connectivity index (χ1v) is 8.34. The molecular weight excluding hydrogens is 352 g/mol. The minimum Gasteiger partial charge on any atom is -0.303 e. The van der Waals surface area contributed by atoms with Gasteiger partial charge in [0.1, 0.15) is 0 Å². The summed E-state index contributed by atoms with van der Waals surface area (Å²) in [6.45, 7) is 4.25. The van der Waals surface area contributed by atoms with Gasteiger partial charge in [0.25, 0.3) is 0 Å². The number of halogens is 2. The molecule has 0 unspecified atom stereocenters. The number of benzene rings is 1. The molecule has 0 fully saturated rings. The van der Waals surface area contributed by atoms with Gasteiger partial charge >= 0.3 is 0 Å². The van der Waals surface area contributed by atoms with Crippen molar-refractivity contribution in [2.45, 2.75) is 24.3 Å². The summed E-state index contributed by atoms with van der Waals surface area (Å²) in [5.41, 5.74) is -0.267. The summed E-state index contributed by atoms with van der Waals surface area (Å²) in [7, 11) is 0.288. The molecule has 1 rings (SSSR count). The van der Waals surface area contributed by atoms with Crippen LogP contribution in [0.5, 0.6) is 0 Å². The van der Waals surface area contributed by atoms with Gasteiger partial charge in [0.05, 0.1) is 9.92 Å². The third-order valence-corrected chi connectivity index (χ3v) is 5.72. The van der Waals surface area contributed by atoms with Crippen LogP contribution in [0.25, 0.3) is 0 Å². The second-order valence-electron chi connectivity index (χ2n) is 5.11. The molecule has 1 aromatic carbocycles. The van der Waals surface area contributed by atoms with Gasteiger partial charge < -0.3 is 4.90 Å². The lowest BCUT2D eigenvalue weighted by molar-refractivity contribution is 0.199. The highest BCUT2D eigenvalue weighted by Crippen LogP contribution is 2.25. The molecule has 0 aliphatic carbocycles. The van der Waals surface area contributed by atoms with Crippen LogP contribution in [0, 0.1) is 0 Å². The molecule has 108 valence electrons. The maximum atomic E-state index is 12.2. The molecule has 7 heteroatoms. The SMILES string of the molecule is CN(C)C(C)(C)CNS(=O)(=O)c1ccc(Cl)c(Br)c1. The number of nitrogens with zero attached hydrogens (tertiary/aromatic N) is 1. The Kier molecular flexibility index (Phi) is 5.43. The van der Waals surface area contributed by atoms with Gasteiger partial charge in [-0.1, -0.05) is 11.6 Å². The molecule has 0 saturated carbocycles. The summed E-state index contributed by atoms with van der Waals surface area (Å²) in [5.74, 6) is 0. The van der Waals surface area contributed by atoms with Crippen molar-refractivity contribution in [2.75, 3.05) is 20.6 Å². The second kappa shape index (κ2) is 6.10. The van der Waals surface area contributed by atoms with Gasteiger partial charge in [-0.05, 0) is 62.1 Å². The molecule has 0 atom stereocenters. The average molecular weight is 370 g/mol. The topological polar surface area (TPSA) is 49.4 Å². The highest BCUT2D eigenvalue weighted by atomic mass is 79.9. The quantitative estimate of drug-likeness (QED) is 0.868. The predicted octanol–water partition coefficient (Wildman–Crippen LogP) is 2.72. The summed E-state index contributed by atoms with van der Waals surface area (Å²) in [4.78, 5) is 2.16. The number of rotatable bonds is 5. The fourth-order valence-electron chi connectivity index (χ4n) is 1.16. The Morgan fingerprint density at radius 3 is 2.42 bits per heavy atom. The summed E-state index contributed by atoms with van der Waals surface area (Å²) in [6, 6.07) is 4.53. The molecule has 4 nitrogen and oxygen atoms in total. The van der Waals surface area contributed by atoms with E-state index >= 15 is 0 Å². The first-order chi connectivity index (χ1) is 8.56. The number of likely N-dealkylation sites (N-methyl/N-ethyl adjacent to an activating group) is 1. The molecule has 19 heavy (non-hydrogen) atoms. The molecule has 0 heterocycles. The van der Waals surface area contributed by atoms with Gasteiger partial charge in [-0.2, -0.15) is 0 Å². The van der Waals surface area contributed by atoms with Crippen LogP contribution >= 0.6 is 27.5 Å². The van der Waals surface area contributed by atoms with E-state index in [4.69, 9.17) is 11.6 Å². The fourth-order valence-corrected chi connectivity index (χ4v) is 3.04. The first-order valence-electron chi connectivity index (χ1n) is 5.68. The Bertz CT molecular complexity index is 559. The highest BCUT2D eigenvalue weighted by molar-refractivity contribution is 9.10. The minimum atomic E-state index is -3.53. The molecule has 0 spiro atoms. The highest BCUT2D eigenvalue weighted by Gasteiger charge is 2.24. The number of nitrogens with one attached hydrogen (secondary N) is 1. The van der Waals surface area contributed by atoms with Gasteiger partial charge in [0, 0.05) is 16.6 Å². The van der Waals surface area contributed by atoms with Crippen molar-refractivity contribution >= 4 is 37.6 Å². The van der Waals surface area contributed by atoms with E-state index < -0.39 is 10.0 Å². The Labute approximate surface area is 128 Å². The zero-order valence-electron chi connectivity index (χ0n) is 11.4. The summed E-state index contributed by atoms with van der Waals surface area (Å²) >= 11 is 9.07. The van der Waals surface area contributed by atoms with Crippen molar-refractivity contribution in [3.05, 3.63) is 27.7 Å². The van der Waals surface area contributed by atoms with Crippen LogP contribution in [0.3, 0.4) is 0 Å². The predicted molar refractivity (Wildman–Crippen MR) is 82.1 cm³/mol. The van der Waals surface area contributed by atoms with E-state index in [0.717, 1.165) is 0 Å². The van der Waals surface area contributed by atoms with E-state index in [0.29, 0.717) is 16.0 Å². The van der Waals surface area contributed by atoms with Crippen LogP contribution in [0.15, 0.2) is 27.6 Å². The fraction of sp³-hybridized carbons (Fsp3) is 0.500. The van der Waals surface area contributed by atoms with E-state index in [-0.39, 0.29) is 10.4 Å². The van der Waals surface area contributed by atoms with Crippen LogP contribution in [-0.2, 0) is 10.0 Å². The van der Waals surface area contributed by atoms with E-state index in [1.165, 1.54) is 12.1 Å². The van der Waals surface area contributed by atoms with Crippen molar-refractivity contribution in [2.24, 2.45) is 0 Å². The van der Waals surface area contributed by atoms with Crippen LogP contribution in [0.1, 0.15) is 13.8 Å². The number of hydrogen-bond donors (Lipinski definition) is 1. The van der Waals surface area contributed by atoms with Gasteiger partial charge in [-0.15, -0.1) is 0 Å².